The first kappa shape index (κ1) is 11.9. The zero-order valence-electron chi connectivity index (χ0n) is 9.11. The van der Waals surface area contributed by atoms with Gasteiger partial charge in [0.1, 0.15) is 11.6 Å². The van der Waals surface area contributed by atoms with E-state index in [-0.39, 0.29) is 22.8 Å². The second-order valence-corrected chi connectivity index (χ2v) is 6.35. The topological polar surface area (TPSA) is 58.9 Å². The molecule has 0 atom stereocenters. The van der Waals surface area contributed by atoms with Gasteiger partial charge in [-0.3, -0.25) is 4.99 Å². The zero-order valence-corrected chi connectivity index (χ0v) is 9.93. The number of rotatable bonds is 1. The summed E-state index contributed by atoms with van der Waals surface area (Å²) in [6.07, 6.45) is 4.98. The Kier molecular flexibility index (Phi) is 3.00. The molecule has 15 heavy (non-hydrogen) atoms. The Bertz CT molecular complexity index is 459. The van der Waals surface area contributed by atoms with Crippen molar-refractivity contribution in [1.82, 2.24) is 0 Å². The van der Waals surface area contributed by atoms with Gasteiger partial charge in [-0.05, 0) is 0 Å². The molecule has 1 aliphatic rings. The summed E-state index contributed by atoms with van der Waals surface area (Å²) in [7, 11) is -3.40. The largest absolute Gasteiger partial charge is 0.263 e. The molecule has 0 amide bonds. The lowest BCUT2D eigenvalue weighted by atomic mass is 9.95. The zero-order chi connectivity index (χ0) is 11.7. The summed E-state index contributed by atoms with van der Waals surface area (Å²) < 4.78 is 23.1. The molecule has 5 heteroatoms. The summed E-state index contributed by atoms with van der Waals surface area (Å²) in [5, 5.41) is 0.0883. The van der Waals surface area contributed by atoms with E-state index in [9.17, 15) is 8.42 Å². The lowest BCUT2D eigenvalue weighted by molar-refractivity contribution is 0.586. The second-order valence-electron chi connectivity index (χ2n) is 4.36. The highest BCUT2D eigenvalue weighted by Gasteiger charge is 2.28. The van der Waals surface area contributed by atoms with Crippen molar-refractivity contribution in [2.75, 3.05) is 12.3 Å². The van der Waals surface area contributed by atoms with Crippen LogP contribution < -0.4 is 0 Å². The number of sulfone groups is 1. The van der Waals surface area contributed by atoms with Crippen LogP contribution in [0.15, 0.2) is 9.98 Å². The molecule has 1 rings (SSSR count). The molecule has 0 unspecified atom stereocenters. The van der Waals surface area contributed by atoms with Gasteiger partial charge in [0.2, 0.25) is 9.84 Å². The van der Waals surface area contributed by atoms with E-state index < -0.39 is 9.84 Å². The molecule has 0 aliphatic carbocycles. The molecule has 1 aliphatic heterocycles. The predicted molar refractivity (Wildman–Crippen MR) is 61.8 cm³/mol. The number of amidine groups is 1. The van der Waals surface area contributed by atoms with Gasteiger partial charge >= 0.3 is 0 Å². The third kappa shape index (κ3) is 2.66. The smallest absolute Gasteiger partial charge is 0.204 e. The summed E-state index contributed by atoms with van der Waals surface area (Å²) in [5.74, 6) is 2.38. The molecule has 0 N–H and O–H groups in total. The van der Waals surface area contributed by atoms with Crippen LogP contribution in [0.2, 0.25) is 0 Å². The minimum atomic E-state index is -3.40. The first-order chi connectivity index (χ1) is 6.77. The lowest BCUT2D eigenvalue weighted by Crippen LogP contribution is -2.20. The molecular formula is C10H14N2O2S. The van der Waals surface area contributed by atoms with Crippen LogP contribution in [0.4, 0.5) is 0 Å². The van der Waals surface area contributed by atoms with Gasteiger partial charge in [-0.25, -0.2) is 13.4 Å². The van der Waals surface area contributed by atoms with Crippen molar-refractivity contribution in [2.24, 2.45) is 15.4 Å². The van der Waals surface area contributed by atoms with Gasteiger partial charge in [-0.1, -0.05) is 26.7 Å². The summed E-state index contributed by atoms with van der Waals surface area (Å²) in [6.45, 7) is 5.93. The number of terminal acetylenes is 1. The highest BCUT2D eigenvalue weighted by molar-refractivity contribution is 8.06. The van der Waals surface area contributed by atoms with E-state index in [4.69, 9.17) is 6.42 Å². The highest BCUT2D eigenvalue weighted by atomic mass is 32.2. The molecule has 82 valence electrons. The monoisotopic (exact) mass is 226 g/mol. The molecule has 0 spiro atoms. The van der Waals surface area contributed by atoms with Crippen LogP contribution in [0.5, 0.6) is 0 Å². The van der Waals surface area contributed by atoms with Crippen LogP contribution in [-0.4, -0.2) is 31.6 Å². The van der Waals surface area contributed by atoms with E-state index in [1.165, 1.54) is 0 Å². The highest BCUT2D eigenvalue weighted by Crippen LogP contribution is 2.20. The first-order valence-corrected chi connectivity index (χ1v) is 6.21. The minimum Gasteiger partial charge on any atom is -0.263 e. The number of hydrogen-bond donors (Lipinski definition) is 0. The van der Waals surface area contributed by atoms with E-state index in [1.54, 1.807) is 0 Å². The number of hydrogen-bond acceptors (Lipinski definition) is 4. The van der Waals surface area contributed by atoms with Crippen molar-refractivity contribution in [3.63, 3.8) is 0 Å². The summed E-state index contributed by atoms with van der Waals surface area (Å²) >= 11 is 0. The standard InChI is InChI=1S/C10H14N2O2S/c1-5-6-15(13,14)8-7-11-9(12-8)10(2,3)4/h1H,6-7H2,2-4H3. The van der Waals surface area contributed by atoms with E-state index in [0.29, 0.717) is 5.84 Å². The predicted octanol–water partition coefficient (Wildman–Crippen LogP) is 0.891. The van der Waals surface area contributed by atoms with Crippen molar-refractivity contribution in [3.8, 4) is 12.3 Å². The summed E-state index contributed by atoms with van der Waals surface area (Å²) in [4.78, 5) is 8.13. The molecular weight excluding hydrogens is 212 g/mol. The lowest BCUT2D eigenvalue weighted by Gasteiger charge is -2.14. The molecule has 1 heterocycles. The Balaban J connectivity index is 2.96. The molecule has 0 aromatic heterocycles. The number of aliphatic imine (C=N–C) groups is 2. The Hall–Kier alpha value is -1.15. The van der Waals surface area contributed by atoms with Gasteiger partial charge in [0.15, 0.2) is 5.04 Å². The van der Waals surface area contributed by atoms with E-state index in [0.717, 1.165) is 0 Å². The van der Waals surface area contributed by atoms with Gasteiger partial charge in [0, 0.05) is 5.41 Å². The van der Waals surface area contributed by atoms with Gasteiger partial charge in [0.25, 0.3) is 0 Å². The number of nitrogens with zero attached hydrogens (tertiary/aromatic N) is 2. The molecule has 0 fully saturated rings. The fourth-order valence-electron chi connectivity index (χ4n) is 1.10. The molecule has 0 bridgehead atoms. The average Bonchev–Trinajstić information content (AvgIpc) is 2.50. The molecule has 0 aromatic carbocycles. The maximum absolute atomic E-state index is 11.6. The molecule has 4 nitrogen and oxygen atoms in total. The van der Waals surface area contributed by atoms with Crippen LogP contribution in [0.25, 0.3) is 0 Å². The van der Waals surface area contributed by atoms with Crippen LogP contribution >= 0.6 is 0 Å². The molecule has 0 radical (unpaired) electrons. The summed E-state index contributed by atoms with van der Waals surface area (Å²) in [6, 6.07) is 0. The maximum Gasteiger partial charge on any atom is 0.204 e. The van der Waals surface area contributed by atoms with Gasteiger partial charge in [0.05, 0.1) is 6.54 Å². The Morgan fingerprint density at radius 2 is 2.07 bits per heavy atom. The quantitative estimate of drug-likeness (QED) is 0.623. The minimum absolute atomic E-state index is 0.0883. The summed E-state index contributed by atoms with van der Waals surface area (Å²) in [5.41, 5.74) is -0.229. The average molecular weight is 226 g/mol. The van der Waals surface area contributed by atoms with E-state index >= 15 is 0 Å². The van der Waals surface area contributed by atoms with E-state index in [2.05, 4.69) is 15.9 Å². The maximum atomic E-state index is 11.6. The Morgan fingerprint density at radius 1 is 1.47 bits per heavy atom. The fraction of sp³-hybridized carbons (Fsp3) is 0.600. The Labute approximate surface area is 90.4 Å². The normalized spacial score (nSPS) is 16.9. The third-order valence-electron chi connectivity index (χ3n) is 1.90. The van der Waals surface area contributed by atoms with Crippen molar-refractivity contribution in [1.29, 1.82) is 0 Å². The SMILES string of the molecule is C#CCS(=O)(=O)C1=NC(C(C)(C)C)=NC1. The van der Waals surface area contributed by atoms with E-state index in [1.807, 2.05) is 20.8 Å². The van der Waals surface area contributed by atoms with Crippen LogP contribution in [0.3, 0.4) is 0 Å². The van der Waals surface area contributed by atoms with Gasteiger partial charge < -0.3 is 0 Å². The molecule has 0 saturated carbocycles. The van der Waals surface area contributed by atoms with Crippen molar-refractivity contribution in [3.05, 3.63) is 0 Å². The van der Waals surface area contributed by atoms with Crippen molar-refractivity contribution >= 4 is 20.7 Å². The van der Waals surface area contributed by atoms with Crippen molar-refractivity contribution in [2.45, 2.75) is 20.8 Å². The van der Waals surface area contributed by atoms with Crippen LogP contribution in [-0.2, 0) is 9.84 Å². The second kappa shape index (κ2) is 3.78. The van der Waals surface area contributed by atoms with Gasteiger partial charge in [-0.15, -0.1) is 6.42 Å². The van der Waals surface area contributed by atoms with Crippen LogP contribution in [0, 0.1) is 17.8 Å². The fourth-order valence-corrected chi connectivity index (χ4v) is 1.97. The molecule has 0 aromatic rings. The third-order valence-corrected chi connectivity index (χ3v) is 3.38. The van der Waals surface area contributed by atoms with Crippen LogP contribution in [0.1, 0.15) is 20.8 Å². The van der Waals surface area contributed by atoms with Gasteiger partial charge in [-0.2, -0.15) is 0 Å². The first-order valence-electron chi connectivity index (χ1n) is 4.56. The van der Waals surface area contributed by atoms with Crippen molar-refractivity contribution < 1.29 is 8.42 Å². The Morgan fingerprint density at radius 3 is 2.47 bits per heavy atom. The molecule has 0 saturated heterocycles.